The van der Waals surface area contributed by atoms with Gasteiger partial charge in [0.2, 0.25) is 5.91 Å². The molecule has 6 nitrogen and oxygen atoms in total. The molecule has 1 heterocycles. The summed E-state index contributed by atoms with van der Waals surface area (Å²) in [5.74, 6) is 1.20. The van der Waals surface area contributed by atoms with E-state index >= 15 is 0 Å². The molecule has 0 aliphatic carbocycles. The van der Waals surface area contributed by atoms with Gasteiger partial charge in [-0.05, 0) is 37.3 Å². The van der Waals surface area contributed by atoms with E-state index in [0.717, 1.165) is 12.1 Å². The monoisotopic (exact) mass is 337 g/mol. The summed E-state index contributed by atoms with van der Waals surface area (Å²) in [5, 5.41) is 14.9. The van der Waals surface area contributed by atoms with Crippen LogP contribution in [0.2, 0.25) is 0 Å². The van der Waals surface area contributed by atoms with Crippen LogP contribution in [0.15, 0.2) is 42.5 Å². The van der Waals surface area contributed by atoms with E-state index in [4.69, 9.17) is 14.7 Å². The summed E-state index contributed by atoms with van der Waals surface area (Å²) in [5.41, 5.74) is 1.87. The van der Waals surface area contributed by atoms with Gasteiger partial charge in [0.25, 0.3) is 0 Å². The predicted molar refractivity (Wildman–Crippen MR) is 94.9 cm³/mol. The molecule has 0 aromatic heterocycles. The molecule has 0 fully saturated rings. The molecule has 1 aliphatic heterocycles. The Labute approximate surface area is 146 Å². The molecule has 0 spiro atoms. The Morgan fingerprint density at radius 2 is 1.92 bits per heavy atom. The van der Waals surface area contributed by atoms with Crippen LogP contribution < -0.4 is 20.1 Å². The maximum atomic E-state index is 12.3. The molecule has 1 amide bonds. The van der Waals surface area contributed by atoms with Crippen LogP contribution in [0.25, 0.3) is 0 Å². The number of hydrogen-bond acceptors (Lipinski definition) is 5. The number of nitrogens with zero attached hydrogens (tertiary/aromatic N) is 1. The van der Waals surface area contributed by atoms with E-state index in [0.29, 0.717) is 36.0 Å². The van der Waals surface area contributed by atoms with Crippen molar-refractivity contribution in [2.45, 2.75) is 19.4 Å². The van der Waals surface area contributed by atoms with Crippen molar-refractivity contribution in [2.75, 3.05) is 23.8 Å². The van der Waals surface area contributed by atoms with Crippen molar-refractivity contribution in [3.8, 4) is 17.6 Å². The Bertz CT molecular complexity index is 814. The number of anilines is 2. The fourth-order valence-corrected chi connectivity index (χ4v) is 2.49. The van der Waals surface area contributed by atoms with E-state index in [1.165, 1.54) is 0 Å². The highest BCUT2D eigenvalue weighted by atomic mass is 16.5. The Morgan fingerprint density at radius 1 is 1.12 bits per heavy atom. The number of nitriles is 1. The van der Waals surface area contributed by atoms with Crippen molar-refractivity contribution in [1.29, 1.82) is 5.26 Å². The molecule has 128 valence electrons. The molecule has 0 radical (unpaired) electrons. The first-order chi connectivity index (χ1) is 12.2. The van der Waals surface area contributed by atoms with Gasteiger partial charge in [-0.15, -0.1) is 0 Å². The number of hydrogen-bond donors (Lipinski definition) is 2. The first kappa shape index (κ1) is 16.7. The van der Waals surface area contributed by atoms with Crippen molar-refractivity contribution in [1.82, 2.24) is 0 Å². The fourth-order valence-electron chi connectivity index (χ4n) is 2.49. The highest BCUT2D eigenvalue weighted by molar-refractivity contribution is 5.96. The van der Waals surface area contributed by atoms with Crippen LogP contribution in [-0.4, -0.2) is 25.2 Å². The molecule has 0 saturated heterocycles. The number of ether oxygens (including phenoxy) is 2. The molecule has 0 unspecified atom stereocenters. The second-order valence-corrected chi connectivity index (χ2v) is 5.76. The van der Waals surface area contributed by atoms with Crippen molar-refractivity contribution in [2.24, 2.45) is 0 Å². The molecule has 3 rings (SSSR count). The standard InChI is InChI=1S/C19H19N3O3/c1-13(19(23)22-15-5-2-4-14(10-15)12-20)21-16-6-7-17-18(11-16)25-9-3-8-24-17/h2,4-7,10-11,13,21H,3,8-9H2,1H3,(H,22,23)/t13-/m0/s1. The lowest BCUT2D eigenvalue weighted by Gasteiger charge is -2.17. The van der Waals surface area contributed by atoms with Gasteiger partial charge in [0.1, 0.15) is 6.04 Å². The average molecular weight is 337 g/mol. The van der Waals surface area contributed by atoms with Crippen molar-refractivity contribution in [3.63, 3.8) is 0 Å². The van der Waals surface area contributed by atoms with Gasteiger partial charge in [-0.1, -0.05) is 6.07 Å². The summed E-state index contributed by atoms with van der Waals surface area (Å²) in [4.78, 5) is 12.3. The second-order valence-electron chi connectivity index (χ2n) is 5.76. The van der Waals surface area contributed by atoms with Crippen LogP contribution in [0, 0.1) is 11.3 Å². The maximum Gasteiger partial charge on any atom is 0.246 e. The minimum atomic E-state index is -0.463. The van der Waals surface area contributed by atoms with E-state index in [9.17, 15) is 4.79 Å². The van der Waals surface area contributed by atoms with Crippen LogP contribution in [0.3, 0.4) is 0 Å². The first-order valence-electron chi connectivity index (χ1n) is 8.13. The lowest BCUT2D eigenvalue weighted by molar-refractivity contribution is -0.116. The van der Waals surface area contributed by atoms with E-state index in [2.05, 4.69) is 16.7 Å². The summed E-state index contributed by atoms with van der Waals surface area (Å²) in [6.07, 6.45) is 0.845. The number of rotatable bonds is 4. The zero-order chi connectivity index (χ0) is 17.6. The third kappa shape index (κ3) is 4.21. The quantitative estimate of drug-likeness (QED) is 0.895. The highest BCUT2D eigenvalue weighted by Crippen LogP contribution is 2.32. The largest absolute Gasteiger partial charge is 0.490 e. The number of amides is 1. The molecule has 2 N–H and O–H groups in total. The predicted octanol–water partition coefficient (Wildman–Crippen LogP) is 3.16. The highest BCUT2D eigenvalue weighted by Gasteiger charge is 2.15. The van der Waals surface area contributed by atoms with Gasteiger partial charge in [0, 0.05) is 23.9 Å². The molecule has 1 aliphatic rings. The summed E-state index contributed by atoms with van der Waals surface area (Å²) in [7, 11) is 0. The zero-order valence-electron chi connectivity index (χ0n) is 13.9. The maximum absolute atomic E-state index is 12.3. The van der Waals surface area contributed by atoms with Gasteiger partial charge < -0.3 is 20.1 Å². The van der Waals surface area contributed by atoms with Crippen LogP contribution >= 0.6 is 0 Å². The summed E-state index contributed by atoms with van der Waals surface area (Å²) < 4.78 is 11.3. The summed E-state index contributed by atoms with van der Waals surface area (Å²) >= 11 is 0. The molecule has 2 aromatic rings. The minimum Gasteiger partial charge on any atom is -0.490 e. The lowest BCUT2D eigenvalue weighted by atomic mass is 10.2. The Morgan fingerprint density at radius 3 is 2.72 bits per heavy atom. The number of carbonyl (C=O) groups is 1. The molecular formula is C19H19N3O3. The Kier molecular flexibility index (Phi) is 5.05. The number of benzene rings is 2. The molecule has 2 aromatic carbocycles. The molecule has 6 heteroatoms. The smallest absolute Gasteiger partial charge is 0.246 e. The molecule has 25 heavy (non-hydrogen) atoms. The summed E-state index contributed by atoms with van der Waals surface area (Å²) in [6, 6.07) is 13.9. The van der Waals surface area contributed by atoms with Gasteiger partial charge in [-0.25, -0.2) is 0 Å². The molecule has 1 atom stereocenters. The topological polar surface area (TPSA) is 83.4 Å². The van der Waals surface area contributed by atoms with Crippen molar-refractivity contribution < 1.29 is 14.3 Å². The SMILES string of the molecule is C[C@H](Nc1ccc2c(c1)OCCCO2)C(=O)Nc1cccc(C#N)c1. The fraction of sp³-hybridized carbons (Fsp3) is 0.263. The minimum absolute atomic E-state index is 0.192. The molecule has 0 saturated carbocycles. The van der Waals surface area contributed by atoms with Crippen LogP contribution in [0.4, 0.5) is 11.4 Å². The van der Waals surface area contributed by atoms with E-state index in [-0.39, 0.29) is 5.91 Å². The number of fused-ring (bicyclic) bond motifs is 1. The Balaban J connectivity index is 1.65. The van der Waals surface area contributed by atoms with Crippen molar-refractivity contribution >= 4 is 17.3 Å². The van der Waals surface area contributed by atoms with Crippen molar-refractivity contribution in [3.05, 3.63) is 48.0 Å². The first-order valence-corrected chi connectivity index (χ1v) is 8.13. The lowest BCUT2D eigenvalue weighted by Crippen LogP contribution is -2.31. The number of nitrogens with one attached hydrogen (secondary N) is 2. The molecule has 0 bridgehead atoms. The normalized spacial score (nSPS) is 13.9. The third-order valence-electron chi connectivity index (χ3n) is 3.78. The van der Waals surface area contributed by atoms with Gasteiger partial charge in [-0.3, -0.25) is 4.79 Å². The van der Waals surface area contributed by atoms with Crippen LogP contribution in [0.1, 0.15) is 18.9 Å². The molecular weight excluding hydrogens is 318 g/mol. The zero-order valence-corrected chi connectivity index (χ0v) is 13.9. The van der Waals surface area contributed by atoms with Crippen LogP contribution in [-0.2, 0) is 4.79 Å². The summed E-state index contributed by atoms with van der Waals surface area (Å²) in [6.45, 7) is 3.02. The van der Waals surface area contributed by atoms with Gasteiger partial charge in [0.05, 0.1) is 24.8 Å². The van der Waals surface area contributed by atoms with E-state index in [1.54, 1.807) is 31.2 Å². The Hall–Kier alpha value is -3.20. The van der Waals surface area contributed by atoms with Gasteiger partial charge >= 0.3 is 0 Å². The number of carbonyl (C=O) groups excluding carboxylic acids is 1. The second kappa shape index (κ2) is 7.58. The average Bonchev–Trinajstić information content (AvgIpc) is 2.86. The van der Waals surface area contributed by atoms with E-state index in [1.807, 2.05) is 18.2 Å². The van der Waals surface area contributed by atoms with Gasteiger partial charge in [0.15, 0.2) is 11.5 Å². The third-order valence-corrected chi connectivity index (χ3v) is 3.78. The van der Waals surface area contributed by atoms with E-state index < -0.39 is 6.04 Å². The van der Waals surface area contributed by atoms with Gasteiger partial charge in [-0.2, -0.15) is 5.26 Å². The van der Waals surface area contributed by atoms with Crippen LogP contribution in [0.5, 0.6) is 11.5 Å².